The molecule has 4 nitrogen and oxygen atoms in total. The summed E-state index contributed by atoms with van der Waals surface area (Å²) in [6.45, 7) is 0. The van der Waals surface area contributed by atoms with Gasteiger partial charge in [0.25, 0.3) is 0 Å². The first-order valence-corrected chi connectivity index (χ1v) is 7.72. The number of para-hydroxylation sites is 1. The molecule has 2 aromatic carbocycles. The van der Waals surface area contributed by atoms with Crippen LogP contribution in [-0.4, -0.2) is 22.7 Å². The molecule has 22 heavy (non-hydrogen) atoms. The second-order valence-corrected chi connectivity index (χ2v) is 5.83. The lowest BCUT2D eigenvalue weighted by Gasteiger charge is -2.00. The standard InChI is InChI=1S/C17H13N3OS/c1-21-18-11-14-16(12-7-3-2-4-8-12)19-17-20(14)13-9-5-6-10-15(13)22-17/h2-11H,1H3. The number of imidazole rings is 1. The third kappa shape index (κ3) is 1.98. The summed E-state index contributed by atoms with van der Waals surface area (Å²) in [6.07, 6.45) is 1.72. The monoisotopic (exact) mass is 307 g/mol. The molecular formula is C17H13N3OS. The van der Waals surface area contributed by atoms with Gasteiger partial charge in [-0.2, -0.15) is 0 Å². The lowest BCUT2D eigenvalue weighted by Crippen LogP contribution is -1.93. The van der Waals surface area contributed by atoms with E-state index in [0.29, 0.717) is 0 Å². The van der Waals surface area contributed by atoms with Crippen molar-refractivity contribution in [2.45, 2.75) is 0 Å². The Kier molecular flexibility index (Phi) is 3.12. The molecule has 0 bridgehead atoms. The largest absolute Gasteiger partial charge is 0.399 e. The summed E-state index contributed by atoms with van der Waals surface area (Å²) < 4.78 is 3.34. The van der Waals surface area contributed by atoms with E-state index in [9.17, 15) is 0 Å². The molecule has 0 saturated heterocycles. The van der Waals surface area contributed by atoms with Gasteiger partial charge in [0.15, 0.2) is 4.96 Å². The predicted octanol–water partition coefficient (Wildman–Crippen LogP) is 4.20. The molecule has 0 fully saturated rings. The first-order valence-electron chi connectivity index (χ1n) is 6.90. The Hall–Kier alpha value is -2.66. The SMILES string of the molecule is CON=Cc1c(-c2ccccc2)nc2sc3ccccc3n12. The van der Waals surface area contributed by atoms with Crippen LogP contribution in [0.3, 0.4) is 0 Å². The Morgan fingerprint density at radius 2 is 1.86 bits per heavy atom. The molecule has 0 atom stereocenters. The van der Waals surface area contributed by atoms with Crippen molar-refractivity contribution in [1.29, 1.82) is 0 Å². The Balaban J connectivity index is 2.07. The van der Waals surface area contributed by atoms with E-state index in [-0.39, 0.29) is 0 Å². The Labute approximate surface area is 131 Å². The third-order valence-electron chi connectivity index (χ3n) is 3.52. The van der Waals surface area contributed by atoms with Crippen LogP contribution in [0.4, 0.5) is 0 Å². The first kappa shape index (κ1) is 13.0. The Bertz CT molecular complexity index is 970. The smallest absolute Gasteiger partial charge is 0.195 e. The highest BCUT2D eigenvalue weighted by atomic mass is 32.1. The van der Waals surface area contributed by atoms with Crippen molar-refractivity contribution in [3.8, 4) is 11.3 Å². The number of hydrogen-bond donors (Lipinski definition) is 0. The van der Waals surface area contributed by atoms with Gasteiger partial charge in [-0.1, -0.05) is 59.0 Å². The first-order chi connectivity index (χ1) is 10.9. The van der Waals surface area contributed by atoms with Gasteiger partial charge in [0, 0.05) is 5.56 Å². The third-order valence-corrected chi connectivity index (χ3v) is 4.54. The van der Waals surface area contributed by atoms with Crippen LogP contribution >= 0.6 is 11.3 Å². The highest BCUT2D eigenvalue weighted by Crippen LogP contribution is 2.32. The fraction of sp³-hybridized carbons (Fsp3) is 0.0588. The number of benzene rings is 2. The normalized spacial score (nSPS) is 11.7. The zero-order valence-electron chi connectivity index (χ0n) is 11.9. The van der Waals surface area contributed by atoms with Gasteiger partial charge in [0.1, 0.15) is 7.11 Å². The van der Waals surface area contributed by atoms with Crippen LogP contribution in [0.2, 0.25) is 0 Å². The summed E-state index contributed by atoms with van der Waals surface area (Å²) in [5.74, 6) is 0. The van der Waals surface area contributed by atoms with E-state index >= 15 is 0 Å². The van der Waals surface area contributed by atoms with E-state index in [1.54, 1.807) is 24.7 Å². The maximum absolute atomic E-state index is 4.88. The van der Waals surface area contributed by atoms with Gasteiger partial charge in [-0.3, -0.25) is 4.40 Å². The fourth-order valence-corrected chi connectivity index (χ4v) is 3.60. The van der Waals surface area contributed by atoms with E-state index in [4.69, 9.17) is 9.82 Å². The molecule has 0 amide bonds. The number of fused-ring (bicyclic) bond motifs is 3. The van der Waals surface area contributed by atoms with Crippen LogP contribution in [0, 0.1) is 0 Å². The highest BCUT2D eigenvalue weighted by Gasteiger charge is 2.16. The number of rotatable bonds is 3. The number of aromatic nitrogens is 2. The summed E-state index contributed by atoms with van der Waals surface area (Å²) in [5, 5.41) is 3.96. The van der Waals surface area contributed by atoms with Crippen molar-refractivity contribution in [3.63, 3.8) is 0 Å². The minimum absolute atomic E-state index is 0.915. The molecule has 5 heteroatoms. The van der Waals surface area contributed by atoms with E-state index < -0.39 is 0 Å². The lowest BCUT2D eigenvalue weighted by molar-refractivity contribution is 0.215. The van der Waals surface area contributed by atoms with Crippen molar-refractivity contribution in [1.82, 2.24) is 9.38 Å². The van der Waals surface area contributed by atoms with Gasteiger partial charge >= 0.3 is 0 Å². The molecule has 108 valence electrons. The Morgan fingerprint density at radius 3 is 2.68 bits per heavy atom. The van der Waals surface area contributed by atoms with E-state index in [1.165, 1.54) is 4.70 Å². The second kappa shape index (κ2) is 5.27. The zero-order chi connectivity index (χ0) is 14.9. The molecule has 0 spiro atoms. The van der Waals surface area contributed by atoms with Crippen LogP contribution in [0.15, 0.2) is 59.8 Å². The van der Waals surface area contributed by atoms with Gasteiger partial charge in [0.05, 0.1) is 27.8 Å². The summed E-state index contributed by atoms with van der Waals surface area (Å²) in [5.41, 5.74) is 4.05. The van der Waals surface area contributed by atoms with Crippen LogP contribution in [0.1, 0.15) is 5.69 Å². The summed E-state index contributed by atoms with van der Waals surface area (Å²) >= 11 is 1.67. The molecule has 0 radical (unpaired) electrons. The molecule has 0 aliphatic heterocycles. The zero-order valence-corrected chi connectivity index (χ0v) is 12.7. The second-order valence-electron chi connectivity index (χ2n) is 4.82. The average molecular weight is 307 g/mol. The average Bonchev–Trinajstić information content (AvgIpc) is 3.10. The molecule has 4 aromatic rings. The maximum atomic E-state index is 4.88. The van der Waals surface area contributed by atoms with Gasteiger partial charge in [-0.05, 0) is 12.1 Å². The maximum Gasteiger partial charge on any atom is 0.195 e. The predicted molar refractivity (Wildman–Crippen MR) is 90.6 cm³/mol. The van der Waals surface area contributed by atoms with E-state index in [0.717, 1.165) is 27.4 Å². The number of nitrogens with zero attached hydrogens (tertiary/aromatic N) is 3. The topological polar surface area (TPSA) is 38.9 Å². The van der Waals surface area contributed by atoms with Crippen LogP contribution < -0.4 is 0 Å². The minimum atomic E-state index is 0.915. The summed E-state index contributed by atoms with van der Waals surface area (Å²) in [4.78, 5) is 10.6. The Morgan fingerprint density at radius 1 is 1.09 bits per heavy atom. The van der Waals surface area contributed by atoms with Crippen LogP contribution in [0.25, 0.3) is 26.4 Å². The summed E-state index contributed by atoms with van der Waals surface area (Å²) in [7, 11) is 1.54. The van der Waals surface area contributed by atoms with E-state index in [2.05, 4.69) is 33.8 Å². The summed E-state index contributed by atoms with van der Waals surface area (Å²) in [6, 6.07) is 18.4. The molecule has 4 rings (SSSR count). The molecule has 0 N–H and O–H groups in total. The molecule has 2 heterocycles. The quantitative estimate of drug-likeness (QED) is 0.420. The number of hydrogen-bond acceptors (Lipinski definition) is 4. The van der Waals surface area contributed by atoms with Gasteiger partial charge in [-0.15, -0.1) is 0 Å². The molecule has 0 aliphatic rings. The van der Waals surface area contributed by atoms with Crippen molar-refractivity contribution < 1.29 is 4.84 Å². The molecular weight excluding hydrogens is 294 g/mol. The minimum Gasteiger partial charge on any atom is -0.399 e. The number of oxime groups is 1. The number of thiazole rings is 1. The van der Waals surface area contributed by atoms with Gasteiger partial charge in [-0.25, -0.2) is 4.98 Å². The molecule has 0 unspecified atom stereocenters. The van der Waals surface area contributed by atoms with Crippen molar-refractivity contribution in [3.05, 3.63) is 60.3 Å². The van der Waals surface area contributed by atoms with Crippen molar-refractivity contribution in [2.75, 3.05) is 7.11 Å². The molecule has 2 aromatic heterocycles. The van der Waals surface area contributed by atoms with Gasteiger partial charge < -0.3 is 4.84 Å². The highest BCUT2D eigenvalue weighted by molar-refractivity contribution is 7.23. The molecule has 0 aliphatic carbocycles. The molecule has 0 saturated carbocycles. The van der Waals surface area contributed by atoms with Gasteiger partial charge in [0.2, 0.25) is 0 Å². The van der Waals surface area contributed by atoms with Crippen molar-refractivity contribution >= 4 is 32.7 Å². The lowest BCUT2D eigenvalue weighted by atomic mass is 10.1. The fourth-order valence-electron chi connectivity index (χ4n) is 2.57. The van der Waals surface area contributed by atoms with Crippen molar-refractivity contribution in [2.24, 2.45) is 5.16 Å². The van der Waals surface area contributed by atoms with Crippen LogP contribution in [-0.2, 0) is 4.84 Å². The van der Waals surface area contributed by atoms with E-state index in [1.807, 2.05) is 30.3 Å². The van der Waals surface area contributed by atoms with Crippen LogP contribution in [0.5, 0.6) is 0 Å².